The molecule has 7 heteroatoms. The summed E-state index contributed by atoms with van der Waals surface area (Å²) in [5.74, 6) is 2.29. The Morgan fingerprint density at radius 1 is 1.25 bits per heavy atom. The highest BCUT2D eigenvalue weighted by atomic mass is 16.1. The number of anilines is 1. The van der Waals surface area contributed by atoms with Gasteiger partial charge in [0.2, 0.25) is 0 Å². The van der Waals surface area contributed by atoms with Crippen LogP contribution in [0.3, 0.4) is 0 Å². The number of aromatic nitrogens is 3. The first kappa shape index (κ1) is 18.8. The van der Waals surface area contributed by atoms with Crippen molar-refractivity contribution in [1.29, 1.82) is 0 Å². The lowest BCUT2D eigenvalue weighted by atomic mass is 9.95. The SMILES string of the molecule is CCCNC(=O)c1ccc(N2CCC(c3ncc4c(n3)CCNC4)CC2)nc1. The summed E-state index contributed by atoms with van der Waals surface area (Å²) < 4.78 is 0. The molecule has 2 aromatic heterocycles. The van der Waals surface area contributed by atoms with Crippen molar-refractivity contribution < 1.29 is 4.79 Å². The fourth-order valence-electron chi connectivity index (χ4n) is 3.86. The Bertz CT molecular complexity index is 814. The van der Waals surface area contributed by atoms with Crippen LogP contribution >= 0.6 is 0 Å². The van der Waals surface area contributed by atoms with E-state index in [0.29, 0.717) is 18.0 Å². The standard InChI is InChI=1S/C21H28N6O/c1-2-8-23-21(28)16-3-4-19(24-13-16)27-10-6-15(7-11-27)20-25-14-17-12-22-9-5-18(17)26-20/h3-4,13-15,22H,2,5-12H2,1H3,(H,23,28). The molecule has 1 saturated heterocycles. The molecule has 2 aliphatic heterocycles. The molecule has 148 valence electrons. The van der Waals surface area contributed by atoms with E-state index in [0.717, 1.165) is 63.5 Å². The minimum Gasteiger partial charge on any atom is -0.357 e. The number of piperidine rings is 1. The van der Waals surface area contributed by atoms with Crippen molar-refractivity contribution in [3.63, 3.8) is 0 Å². The maximum Gasteiger partial charge on any atom is 0.252 e. The largest absolute Gasteiger partial charge is 0.357 e. The third-order valence-electron chi connectivity index (χ3n) is 5.56. The quantitative estimate of drug-likeness (QED) is 0.826. The Labute approximate surface area is 166 Å². The molecule has 1 amide bonds. The molecular weight excluding hydrogens is 352 g/mol. The molecule has 2 aliphatic rings. The van der Waals surface area contributed by atoms with E-state index in [1.807, 2.05) is 25.3 Å². The van der Waals surface area contributed by atoms with Crippen LogP contribution in [0.4, 0.5) is 5.82 Å². The van der Waals surface area contributed by atoms with Crippen molar-refractivity contribution in [2.75, 3.05) is 31.1 Å². The van der Waals surface area contributed by atoms with Gasteiger partial charge in [0.15, 0.2) is 0 Å². The topological polar surface area (TPSA) is 83.0 Å². The lowest BCUT2D eigenvalue weighted by molar-refractivity contribution is 0.0953. The summed E-state index contributed by atoms with van der Waals surface area (Å²) in [5, 5.41) is 6.25. The lowest BCUT2D eigenvalue weighted by Gasteiger charge is -2.32. The summed E-state index contributed by atoms with van der Waals surface area (Å²) in [7, 11) is 0. The predicted octanol–water partition coefficient (Wildman–Crippen LogP) is 2.04. The number of nitrogens with one attached hydrogen (secondary N) is 2. The van der Waals surface area contributed by atoms with Gasteiger partial charge in [0, 0.05) is 68.7 Å². The van der Waals surface area contributed by atoms with Crippen molar-refractivity contribution >= 4 is 11.7 Å². The number of nitrogens with zero attached hydrogens (tertiary/aromatic N) is 4. The van der Waals surface area contributed by atoms with Crippen molar-refractivity contribution in [1.82, 2.24) is 25.6 Å². The molecule has 2 N–H and O–H groups in total. The first-order valence-corrected chi connectivity index (χ1v) is 10.3. The van der Waals surface area contributed by atoms with Gasteiger partial charge in [-0.05, 0) is 31.4 Å². The Kier molecular flexibility index (Phi) is 5.81. The van der Waals surface area contributed by atoms with Crippen LogP contribution in [-0.2, 0) is 13.0 Å². The Hall–Kier alpha value is -2.54. The molecule has 0 aromatic carbocycles. The summed E-state index contributed by atoms with van der Waals surface area (Å²) in [6.07, 6.45) is 7.64. The first-order chi connectivity index (χ1) is 13.7. The molecule has 28 heavy (non-hydrogen) atoms. The van der Waals surface area contributed by atoms with E-state index < -0.39 is 0 Å². The lowest BCUT2D eigenvalue weighted by Crippen LogP contribution is -2.34. The maximum absolute atomic E-state index is 12.0. The average molecular weight is 380 g/mol. The molecule has 1 fully saturated rings. The zero-order chi connectivity index (χ0) is 19.3. The minimum atomic E-state index is -0.0561. The van der Waals surface area contributed by atoms with Crippen molar-refractivity contribution in [2.24, 2.45) is 0 Å². The number of rotatable bonds is 5. The van der Waals surface area contributed by atoms with E-state index in [-0.39, 0.29) is 5.91 Å². The molecule has 0 atom stereocenters. The molecular formula is C21H28N6O. The molecule has 0 radical (unpaired) electrons. The molecule has 4 rings (SSSR count). The van der Waals surface area contributed by atoms with Crippen LogP contribution in [-0.4, -0.2) is 47.0 Å². The van der Waals surface area contributed by atoms with E-state index in [4.69, 9.17) is 4.98 Å². The fourth-order valence-corrected chi connectivity index (χ4v) is 3.86. The van der Waals surface area contributed by atoms with Crippen LogP contribution in [0.15, 0.2) is 24.5 Å². The molecule has 4 heterocycles. The normalized spacial score (nSPS) is 17.2. The highest BCUT2D eigenvalue weighted by molar-refractivity contribution is 5.94. The van der Waals surface area contributed by atoms with Gasteiger partial charge in [-0.3, -0.25) is 4.79 Å². The monoisotopic (exact) mass is 380 g/mol. The Morgan fingerprint density at radius 3 is 2.86 bits per heavy atom. The number of hydrogen-bond acceptors (Lipinski definition) is 6. The number of amides is 1. The van der Waals surface area contributed by atoms with E-state index in [9.17, 15) is 4.79 Å². The van der Waals surface area contributed by atoms with Crippen LogP contribution in [0.25, 0.3) is 0 Å². The van der Waals surface area contributed by atoms with E-state index >= 15 is 0 Å². The highest BCUT2D eigenvalue weighted by Gasteiger charge is 2.24. The summed E-state index contributed by atoms with van der Waals surface area (Å²) >= 11 is 0. The van der Waals surface area contributed by atoms with Gasteiger partial charge in [-0.1, -0.05) is 6.92 Å². The predicted molar refractivity (Wildman–Crippen MR) is 108 cm³/mol. The Balaban J connectivity index is 1.36. The number of carbonyl (C=O) groups is 1. The second kappa shape index (κ2) is 8.65. The zero-order valence-electron chi connectivity index (χ0n) is 16.4. The van der Waals surface area contributed by atoms with Gasteiger partial charge in [0.1, 0.15) is 11.6 Å². The number of hydrogen-bond donors (Lipinski definition) is 2. The summed E-state index contributed by atoms with van der Waals surface area (Å²) in [4.78, 5) is 28.3. The second-order valence-corrected chi connectivity index (χ2v) is 7.55. The summed E-state index contributed by atoms with van der Waals surface area (Å²) in [6.45, 7) is 6.47. The van der Waals surface area contributed by atoms with Gasteiger partial charge in [-0.2, -0.15) is 0 Å². The van der Waals surface area contributed by atoms with Gasteiger partial charge < -0.3 is 15.5 Å². The molecule has 7 nitrogen and oxygen atoms in total. The first-order valence-electron chi connectivity index (χ1n) is 10.3. The Morgan fingerprint density at radius 2 is 2.11 bits per heavy atom. The van der Waals surface area contributed by atoms with Crippen molar-refractivity contribution in [3.05, 3.63) is 47.2 Å². The molecule has 0 spiro atoms. The third kappa shape index (κ3) is 4.14. The zero-order valence-corrected chi connectivity index (χ0v) is 16.4. The second-order valence-electron chi connectivity index (χ2n) is 7.55. The van der Waals surface area contributed by atoms with Crippen LogP contribution in [0.5, 0.6) is 0 Å². The fraction of sp³-hybridized carbons (Fsp3) is 0.524. The minimum absolute atomic E-state index is 0.0561. The van der Waals surface area contributed by atoms with Crippen LogP contribution in [0, 0.1) is 0 Å². The van der Waals surface area contributed by atoms with Gasteiger partial charge >= 0.3 is 0 Å². The van der Waals surface area contributed by atoms with E-state index in [2.05, 4.69) is 25.5 Å². The van der Waals surface area contributed by atoms with Gasteiger partial charge in [0.05, 0.1) is 5.56 Å². The van der Waals surface area contributed by atoms with Crippen LogP contribution in [0.2, 0.25) is 0 Å². The number of carbonyl (C=O) groups excluding carboxylic acids is 1. The van der Waals surface area contributed by atoms with Gasteiger partial charge in [0.25, 0.3) is 5.91 Å². The van der Waals surface area contributed by atoms with Gasteiger partial charge in [-0.25, -0.2) is 15.0 Å². The molecule has 0 unspecified atom stereocenters. The molecule has 0 bridgehead atoms. The number of pyridine rings is 1. The maximum atomic E-state index is 12.0. The molecule has 0 saturated carbocycles. The van der Waals surface area contributed by atoms with Crippen molar-refractivity contribution in [3.8, 4) is 0 Å². The third-order valence-corrected chi connectivity index (χ3v) is 5.56. The summed E-state index contributed by atoms with van der Waals surface area (Å²) in [6, 6.07) is 3.81. The number of fused-ring (bicyclic) bond motifs is 1. The smallest absolute Gasteiger partial charge is 0.252 e. The average Bonchev–Trinajstić information content (AvgIpc) is 2.77. The summed E-state index contributed by atoms with van der Waals surface area (Å²) in [5.41, 5.74) is 3.06. The van der Waals surface area contributed by atoms with E-state index in [1.165, 1.54) is 11.3 Å². The molecule has 0 aliphatic carbocycles. The highest BCUT2D eigenvalue weighted by Crippen LogP contribution is 2.28. The van der Waals surface area contributed by atoms with Gasteiger partial charge in [-0.15, -0.1) is 0 Å². The van der Waals surface area contributed by atoms with Crippen molar-refractivity contribution in [2.45, 2.75) is 45.1 Å². The molecule has 2 aromatic rings. The van der Waals surface area contributed by atoms with Crippen LogP contribution < -0.4 is 15.5 Å². The van der Waals surface area contributed by atoms with E-state index in [1.54, 1.807) is 6.20 Å². The van der Waals surface area contributed by atoms with Crippen LogP contribution in [0.1, 0.15) is 59.5 Å².